The fraction of sp³-hybridized carbons (Fsp3) is 0.594. The Morgan fingerprint density at radius 3 is 2.20 bits per heavy atom. The molecule has 1 saturated carbocycles. The highest BCUT2D eigenvalue weighted by atomic mass is 16.1. The molecule has 3 fully saturated rings. The molecular formula is C32H45N7O. The lowest BCUT2D eigenvalue weighted by Gasteiger charge is -2.43. The van der Waals surface area contributed by atoms with Crippen LogP contribution in [0.25, 0.3) is 0 Å². The molecule has 8 heteroatoms. The number of rotatable bonds is 10. The third kappa shape index (κ3) is 6.84. The summed E-state index contributed by atoms with van der Waals surface area (Å²) in [5.41, 5.74) is 2.53. The molecule has 4 heterocycles. The van der Waals surface area contributed by atoms with E-state index in [-0.39, 0.29) is 11.8 Å². The quantitative estimate of drug-likeness (QED) is 0.348. The van der Waals surface area contributed by atoms with Gasteiger partial charge in [0.05, 0.1) is 0 Å². The Morgan fingerprint density at radius 1 is 0.925 bits per heavy atom. The summed E-state index contributed by atoms with van der Waals surface area (Å²) in [7, 11) is 0. The second kappa shape index (κ2) is 12.7. The maximum Gasteiger partial charge on any atom is 0.251 e. The highest BCUT2D eigenvalue weighted by Gasteiger charge is 2.41. The Balaban J connectivity index is 0.971. The minimum Gasteiger partial charge on any atom is -0.352 e. The summed E-state index contributed by atoms with van der Waals surface area (Å²) in [5, 5.41) is 3.15. The van der Waals surface area contributed by atoms with E-state index < -0.39 is 0 Å². The summed E-state index contributed by atoms with van der Waals surface area (Å²) in [4.78, 5) is 33.5. The van der Waals surface area contributed by atoms with Crippen LogP contribution in [0.4, 0.5) is 0 Å². The summed E-state index contributed by atoms with van der Waals surface area (Å²) >= 11 is 0. The predicted octanol–water partition coefficient (Wildman–Crippen LogP) is 4.58. The summed E-state index contributed by atoms with van der Waals surface area (Å²) in [5.74, 6) is 2.01. The molecule has 2 saturated heterocycles. The van der Waals surface area contributed by atoms with Gasteiger partial charge in [-0.1, -0.05) is 31.4 Å². The number of nitrogens with zero attached hydrogens (tertiary/aromatic N) is 4. The van der Waals surface area contributed by atoms with Crippen molar-refractivity contribution in [3.05, 3.63) is 71.8 Å². The van der Waals surface area contributed by atoms with Crippen molar-refractivity contribution < 1.29 is 4.79 Å². The van der Waals surface area contributed by atoms with Crippen LogP contribution in [0.1, 0.15) is 78.9 Å². The lowest BCUT2D eigenvalue weighted by molar-refractivity contribution is 0.0615. The number of aromatic nitrogens is 4. The molecule has 1 spiro atoms. The van der Waals surface area contributed by atoms with Gasteiger partial charge in [0.2, 0.25) is 0 Å². The zero-order chi connectivity index (χ0) is 27.2. The first kappa shape index (κ1) is 27.2. The second-order valence-corrected chi connectivity index (χ2v) is 12.5. The molecule has 0 bridgehead atoms. The molecule has 40 heavy (non-hydrogen) atoms. The molecule has 8 nitrogen and oxygen atoms in total. The number of carbonyl (C=O) groups excluding carboxylic acids is 1. The van der Waals surface area contributed by atoms with Gasteiger partial charge >= 0.3 is 0 Å². The normalized spacial score (nSPS) is 20.4. The van der Waals surface area contributed by atoms with E-state index in [1.54, 1.807) is 12.4 Å². The highest BCUT2D eigenvalue weighted by molar-refractivity contribution is 5.94. The van der Waals surface area contributed by atoms with Crippen molar-refractivity contribution in [3.63, 3.8) is 0 Å². The summed E-state index contributed by atoms with van der Waals surface area (Å²) in [6, 6.07) is 9.08. The summed E-state index contributed by atoms with van der Waals surface area (Å²) in [6.45, 7) is 6.55. The molecule has 2 aromatic heterocycles. The van der Waals surface area contributed by atoms with Gasteiger partial charge in [-0.25, -0.2) is 9.97 Å². The van der Waals surface area contributed by atoms with Gasteiger partial charge in [-0.3, -0.25) is 9.69 Å². The van der Waals surface area contributed by atoms with Gasteiger partial charge in [0.25, 0.3) is 5.91 Å². The van der Waals surface area contributed by atoms with Crippen LogP contribution in [0, 0.1) is 11.3 Å². The number of H-pyrrole nitrogens is 2. The number of benzene rings is 1. The molecule has 0 atom stereocenters. The Bertz CT molecular complexity index is 1140. The summed E-state index contributed by atoms with van der Waals surface area (Å²) in [6.07, 6.45) is 19.9. The molecular weight excluding hydrogens is 498 g/mol. The molecule has 3 aromatic rings. The van der Waals surface area contributed by atoms with Crippen LogP contribution in [0.2, 0.25) is 0 Å². The molecule has 0 radical (unpaired) electrons. The van der Waals surface area contributed by atoms with Crippen molar-refractivity contribution in [1.82, 2.24) is 35.1 Å². The Labute approximate surface area is 238 Å². The number of likely N-dealkylation sites (tertiary alicyclic amines) is 2. The van der Waals surface area contributed by atoms with E-state index in [9.17, 15) is 4.79 Å². The molecule has 0 unspecified atom stereocenters. The van der Waals surface area contributed by atoms with Crippen molar-refractivity contribution in [2.24, 2.45) is 11.3 Å². The van der Waals surface area contributed by atoms with E-state index in [1.165, 1.54) is 83.1 Å². The van der Waals surface area contributed by atoms with E-state index in [2.05, 4.69) is 47.2 Å². The molecule has 2 aliphatic heterocycles. The first-order chi connectivity index (χ1) is 19.6. The Kier molecular flexibility index (Phi) is 8.63. The number of imidazole rings is 2. The first-order valence-corrected chi connectivity index (χ1v) is 15.4. The van der Waals surface area contributed by atoms with E-state index in [0.29, 0.717) is 17.5 Å². The number of hydrogen-bond donors (Lipinski definition) is 3. The van der Waals surface area contributed by atoms with Gasteiger partial charge in [-0.2, -0.15) is 0 Å². The van der Waals surface area contributed by atoms with Gasteiger partial charge in [-0.05, 0) is 80.8 Å². The molecule has 3 aliphatic rings. The third-order valence-corrected chi connectivity index (χ3v) is 9.71. The first-order valence-electron chi connectivity index (χ1n) is 15.4. The Morgan fingerprint density at radius 2 is 1.57 bits per heavy atom. The smallest absolute Gasteiger partial charge is 0.251 e. The molecule has 1 amide bonds. The van der Waals surface area contributed by atoms with Crippen molar-refractivity contribution in [3.8, 4) is 0 Å². The maximum atomic E-state index is 13.0. The van der Waals surface area contributed by atoms with Gasteiger partial charge in [0.15, 0.2) is 0 Å². The summed E-state index contributed by atoms with van der Waals surface area (Å²) < 4.78 is 0. The topological polar surface area (TPSA) is 92.9 Å². The molecule has 214 valence electrons. The lowest BCUT2D eigenvalue weighted by atomic mass is 9.77. The molecule has 3 N–H and O–H groups in total. The van der Waals surface area contributed by atoms with E-state index in [1.807, 2.05) is 24.5 Å². The zero-order valence-electron chi connectivity index (χ0n) is 23.8. The SMILES string of the molecule is O=C(NCC(Cc1ncc[nH]1)Cc1ncc[nH]1)c1ccc(CN2CCC3(CCN(C4CCCCC4)CC3)C2)cc1. The van der Waals surface area contributed by atoms with Crippen molar-refractivity contribution >= 4 is 5.91 Å². The van der Waals surface area contributed by atoms with Crippen LogP contribution in [-0.4, -0.2) is 74.4 Å². The fourth-order valence-corrected chi connectivity index (χ4v) is 7.32. The van der Waals surface area contributed by atoms with Gasteiger partial charge < -0.3 is 20.2 Å². The van der Waals surface area contributed by atoms with Crippen LogP contribution in [0.3, 0.4) is 0 Å². The minimum absolute atomic E-state index is 0.0275. The van der Waals surface area contributed by atoms with Crippen LogP contribution < -0.4 is 5.32 Å². The van der Waals surface area contributed by atoms with Crippen molar-refractivity contribution in [1.29, 1.82) is 0 Å². The molecule has 1 aliphatic carbocycles. The molecule has 1 aromatic carbocycles. The predicted molar refractivity (Wildman–Crippen MR) is 157 cm³/mol. The van der Waals surface area contributed by atoms with Gasteiger partial charge in [0.1, 0.15) is 11.6 Å². The monoisotopic (exact) mass is 543 g/mol. The number of nitrogens with one attached hydrogen (secondary N) is 3. The number of hydrogen-bond acceptors (Lipinski definition) is 5. The van der Waals surface area contributed by atoms with Crippen LogP contribution in [-0.2, 0) is 19.4 Å². The lowest BCUT2D eigenvalue weighted by Crippen LogP contribution is -2.46. The van der Waals surface area contributed by atoms with Gasteiger partial charge in [-0.15, -0.1) is 0 Å². The van der Waals surface area contributed by atoms with Crippen molar-refractivity contribution in [2.75, 3.05) is 32.7 Å². The zero-order valence-corrected chi connectivity index (χ0v) is 23.8. The van der Waals surface area contributed by atoms with E-state index in [4.69, 9.17) is 0 Å². The standard InChI is InChI=1S/C32H45N7O/c40-31(37-22-26(20-29-33-13-14-34-29)21-30-35-15-16-36-30)27-8-6-25(7-9-27)23-38-17-10-32(24-38)11-18-39(19-12-32)28-4-2-1-3-5-28/h6-9,13-16,26,28H,1-5,10-12,17-24H2,(H,33,34)(H,35,36)(H,37,40). The number of piperidine rings is 1. The maximum absolute atomic E-state index is 13.0. The largest absolute Gasteiger partial charge is 0.352 e. The average Bonchev–Trinajstić information content (AvgIpc) is 3.77. The minimum atomic E-state index is -0.0275. The number of aromatic amines is 2. The Hall–Kier alpha value is -2.97. The number of amides is 1. The highest BCUT2D eigenvalue weighted by Crippen LogP contribution is 2.42. The van der Waals surface area contributed by atoms with Gasteiger partial charge in [0, 0.05) is 68.9 Å². The molecule has 6 rings (SSSR count). The third-order valence-electron chi connectivity index (χ3n) is 9.71. The van der Waals surface area contributed by atoms with E-state index >= 15 is 0 Å². The fourth-order valence-electron chi connectivity index (χ4n) is 7.32. The van der Waals surface area contributed by atoms with Crippen LogP contribution in [0.15, 0.2) is 49.1 Å². The van der Waals surface area contributed by atoms with Crippen molar-refractivity contribution in [2.45, 2.75) is 76.8 Å². The number of carbonyl (C=O) groups is 1. The average molecular weight is 544 g/mol. The van der Waals surface area contributed by atoms with E-state index in [0.717, 1.165) is 37.1 Å². The van der Waals surface area contributed by atoms with Crippen LogP contribution in [0.5, 0.6) is 0 Å². The second-order valence-electron chi connectivity index (χ2n) is 12.5. The van der Waals surface area contributed by atoms with Crippen LogP contribution >= 0.6 is 0 Å².